The molecule has 2 aliphatic heterocycles. The van der Waals surface area contributed by atoms with Crippen LogP contribution < -0.4 is 14.9 Å². The summed E-state index contributed by atoms with van der Waals surface area (Å²) in [5.41, 5.74) is 17.5. The summed E-state index contributed by atoms with van der Waals surface area (Å²) >= 11 is 0. The van der Waals surface area contributed by atoms with Crippen LogP contribution in [0.4, 0.5) is 5.69 Å². The quantitative estimate of drug-likeness (QED) is 0.134. The third-order valence-corrected chi connectivity index (χ3v) is 20.9. The zero-order valence-corrected chi connectivity index (χ0v) is 68.7. The van der Waals surface area contributed by atoms with Gasteiger partial charge in [0.05, 0.1) is 33.1 Å². The molecule has 1 amide bonds. The smallest absolute Gasteiger partial charge is 0.236 e. The molecule has 0 radical (unpaired) electrons. The number of aryl methyl sites for hydroxylation is 2. The number of carbonyl (C=O) groups excluding carboxylic acids is 1. The normalized spacial score (nSPS) is 14.4. The maximum Gasteiger partial charge on any atom is 0.236 e. The van der Waals surface area contributed by atoms with E-state index in [9.17, 15) is 13.9 Å². The highest BCUT2D eigenvalue weighted by Gasteiger charge is 2.25. The van der Waals surface area contributed by atoms with Crippen molar-refractivity contribution in [1.82, 2.24) is 24.5 Å². The van der Waals surface area contributed by atoms with Crippen molar-refractivity contribution in [2.24, 2.45) is 7.05 Å². The molecule has 2 fully saturated rings. The van der Waals surface area contributed by atoms with Crippen LogP contribution in [0.5, 0.6) is 5.75 Å². The van der Waals surface area contributed by atoms with E-state index in [1.165, 1.54) is 81.7 Å². The Morgan fingerprint density at radius 1 is 0.556 bits per heavy atom. The van der Waals surface area contributed by atoms with Crippen LogP contribution in [0, 0.1) is 6.92 Å². The van der Waals surface area contributed by atoms with Crippen LogP contribution in [0.3, 0.4) is 0 Å². The van der Waals surface area contributed by atoms with E-state index >= 15 is 0 Å². The van der Waals surface area contributed by atoms with Gasteiger partial charge in [0, 0.05) is 62.1 Å². The van der Waals surface area contributed by atoms with E-state index in [-0.39, 0.29) is 45.0 Å². The number of aromatic nitrogens is 2. The van der Waals surface area contributed by atoms with Crippen LogP contribution in [0.25, 0.3) is 11.3 Å². The molecule has 0 saturated carbocycles. The number of anilines is 1. The molecule has 3 heterocycles. The number of nitrogens with zero attached hydrogens (tertiary/aromatic N) is 6. The average Bonchev–Trinajstić information content (AvgIpc) is 1.81. The minimum atomic E-state index is -2.21. The summed E-state index contributed by atoms with van der Waals surface area (Å²) in [6.45, 7) is 55.8. The van der Waals surface area contributed by atoms with Crippen LogP contribution in [0.15, 0.2) is 146 Å². The van der Waals surface area contributed by atoms with E-state index in [4.69, 9.17) is 9.84 Å². The third-order valence-electron chi connectivity index (χ3n) is 18.2. The SMILES string of the molecule is CC(C)(C)c1ccc(CO)cc1.CC(C)(C)c1cccc(CP(C)(C)=O)c1.CN(C)CC(=O)N1CCN(c2ccc(C(C)(C)C)cc2)CC1.CN1CCC(c2ccc(C(C)(C)C)cc2)CC1.COc1cc(P(C)(C)=O)ccc1C(C)(C)C.Cc1cc(C(C)(C)C)ccc1-c1ccn(C)n1. The molecular weight excluding hydrogens is 1260 g/mol. The van der Waals surface area contributed by atoms with Crippen LogP contribution in [0.2, 0.25) is 0 Å². The van der Waals surface area contributed by atoms with Crippen LogP contribution in [-0.2, 0) is 66.2 Å². The van der Waals surface area contributed by atoms with E-state index in [1.807, 2.05) is 85.5 Å². The number of benzene rings is 6. The van der Waals surface area contributed by atoms with Gasteiger partial charge >= 0.3 is 0 Å². The van der Waals surface area contributed by atoms with Crippen molar-refractivity contribution >= 4 is 31.2 Å². The number of likely N-dealkylation sites (tertiary alicyclic amines) is 1. The second-order valence-corrected chi connectivity index (χ2v) is 41.5. The molecule has 7 aromatic rings. The predicted octanol–water partition coefficient (Wildman–Crippen LogP) is 19.5. The second-order valence-electron chi connectivity index (χ2n) is 34.8. The zero-order valence-electron chi connectivity index (χ0n) is 66.9. The van der Waals surface area contributed by atoms with Gasteiger partial charge in [0.25, 0.3) is 0 Å². The molecule has 0 bridgehead atoms. The summed E-state index contributed by atoms with van der Waals surface area (Å²) in [6, 6.07) is 49.3. The third kappa shape index (κ3) is 29.1. The van der Waals surface area contributed by atoms with Crippen LogP contribution >= 0.6 is 14.3 Å². The number of hydrogen-bond donors (Lipinski definition) is 1. The predicted molar refractivity (Wildman–Crippen MR) is 429 cm³/mol. The van der Waals surface area contributed by atoms with E-state index in [0.29, 0.717) is 12.7 Å². The molecule has 2 saturated heterocycles. The van der Waals surface area contributed by atoms with E-state index in [0.717, 1.165) is 60.0 Å². The number of aliphatic hydroxyl groups is 1. The highest BCUT2D eigenvalue weighted by molar-refractivity contribution is 7.70. The van der Waals surface area contributed by atoms with Crippen molar-refractivity contribution in [2.45, 2.75) is 196 Å². The molecule has 99 heavy (non-hydrogen) atoms. The van der Waals surface area contributed by atoms with Gasteiger partial charge in [-0.05, 0) is 199 Å². The number of ether oxygens (including phenoxy) is 1. The van der Waals surface area contributed by atoms with Gasteiger partial charge in [-0.2, -0.15) is 5.10 Å². The van der Waals surface area contributed by atoms with Gasteiger partial charge in [0.15, 0.2) is 0 Å². The zero-order chi connectivity index (χ0) is 74.9. The van der Waals surface area contributed by atoms with E-state index in [2.05, 4.69) is 263 Å². The molecular formula is C86H132N6O5P2. The summed E-state index contributed by atoms with van der Waals surface area (Å²) in [6.07, 6.45) is 5.31. The number of carbonyl (C=O) groups is 1. The number of methoxy groups -OCH3 is 1. The largest absolute Gasteiger partial charge is 0.496 e. The highest BCUT2D eigenvalue weighted by Crippen LogP contribution is 2.42. The van der Waals surface area contributed by atoms with E-state index in [1.54, 1.807) is 20.4 Å². The molecule has 11 nitrogen and oxygen atoms in total. The molecule has 0 spiro atoms. The van der Waals surface area contributed by atoms with Crippen molar-refractivity contribution in [2.75, 3.05) is 106 Å². The summed E-state index contributed by atoms with van der Waals surface area (Å²) in [7, 11) is 5.53. The molecule has 1 N–H and O–H groups in total. The molecule has 546 valence electrons. The number of aliphatic hydroxyl groups excluding tert-OH is 1. The molecule has 9 rings (SSSR count). The lowest BCUT2D eigenvalue weighted by molar-refractivity contribution is -0.132. The number of piperazine rings is 1. The fourth-order valence-corrected chi connectivity index (χ4v) is 13.6. The second kappa shape index (κ2) is 36.2. The first-order valence-electron chi connectivity index (χ1n) is 35.8. The highest BCUT2D eigenvalue weighted by atomic mass is 31.2. The molecule has 6 aromatic carbocycles. The van der Waals surface area contributed by atoms with Crippen molar-refractivity contribution in [3.63, 3.8) is 0 Å². The van der Waals surface area contributed by atoms with Gasteiger partial charge in [-0.3, -0.25) is 9.48 Å². The van der Waals surface area contributed by atoms with Crippen molar-refractivity contribution in [1.29, 1.82) is 0 Å². The Kier molecular flexibility index (Phi) is 31.2. The lowest BCUT2D eigenvalue weighted by Gasteiger charge is -2.36. The Bertz CT molecular complexity index is 3690. The van der Waals surface area contributed by atoms with Crippen molar-refractivity contribution in [3.8, 4) is 17.0 Å². The molecule has 0 unspecified atom stereocenters. The van der Waals surface area contributed by atoms with Crippen molar-refractivity contribution < 1.29 is 23.8 Å². The summed E-state index contributed by atoms with van der Waals surface area (Å²) in [5, 5.41) is 14.2. The Morgan fingerprint density at radius 3 is 1.44 bits per heavy atom. The number of hydrogen-bond acceptors (Lipinski definition) is 9. The monoisotopic (exact) mass is 1390 g/mol. The van der Waals surface area contributed by atoms with Gasteiger partial charge in [-0.25, -0.2) is 0 Å². The van der Waals surface area contributed by atoms with Crippen LogP contribution in [-0.4, -0.2) is 136 Å². The Morgan fingerprint density at radius 2 is 1.03 bits per heavy atom. The van der Waals surface area contributed by atoms with E-state index < -0.39 is 14.3 Å². The Hall–Kier alpha value is -6.06. The summed E-state index contributed by atoms with van der Waals surface area (Å²) < 4.78 is 31.0. The molecule has 13 heteroatoms. The van der Waals surface area contributed by atoms with Gasteiger partial charge in [-0.1, -0.05) is 240 Å². The van der Waals surface area contributed by atoms with Gasteiger partial charge in [0.1, 0.15) is 12.9 Å². The fourth-order valence-electron chi connectivity index (χ4n) is 11.7. The summed E-state index contributed by atoms with van der Waals surface area (Å²) in [4.78, 5) is 20.8. The lowest BCUT2D eigenvalue weighted by Crippen LogP contribution is -2.50. The first-order valence-corrected chi connectivity index (χ1v) is 41.1. The Labute approximate surface area is 602 Å². The topological polar surface area (TPSA) is 111 Å². The molecule has 1 aromatic heterocycles. The number of rotatable bonds is 10. The maximum atomic E-state index is 12.1. The summed E-state index contributed by atoms with van der Waals surface area (Å²) in [5.74, 6) is 1.84. The number of piperidine rings is 1. The average molecular weight is 1390 g/mol. The van der Waals surface area contributed by atoms with Crippen LogP contribution in [0.1, 0.15) is 199 Å². The Balaban J connectivity index is 0.000000254. The first-order chi connectivity index (χ1) is 45.5. The standard InChI is InChI=1S/C18H29N3O.C16H25N.C15H20N2.C13H21O2P.C13H21OP.C11H16O/c1-18(2,3)15-6-8-16(9-7-15)20-10-12-21(13-11-20)17(22)14-19(4)5;1-16(2,3)15-7-5-13(6-8-15)14-9-11-17(4)12-10-14;1-11-10-12(15(2,3)4)6-7-13(11)14-8-9-17(5)16-14;1-13(2,3)11-8-7-10(16(5,6)14)9-12(11)15-4;1-13(2,3)12-8-6-7-11(9-12)10-15(4,5)14;1-11(2,3)10-6-4-9(8-12)5-7-10/h6-9H,10-14H2,1-5H3;5-8,14H,9-12H2,1-4H3;6-10H,1-5H3;7-9H,1-6H3;6-9H,10H2,1-5H3;4-7,12H,8H2,1-3H3. The fraction of sp³-hybridized carbons (Fsp3) is 0.535. The lowest BCUT2D eigenvalue weighted by atomic mass is 9.84. The molecule has 0 atom stereocenters. The molecule has 0 aliphatic carbocycles. The van der Waals surface area contributed by atoms with Gasteiger partial charge < -0.3 is 38.6 Å². The van der Waals surface area contributed by atoms with Crippen molar-refractivity contribution in [3.05, 3.63) is 201 Å². The molecule has 2 aliphatic rings. The van der Waals surface area contributed by atoms with Gasteiger partial charge in [-0.15, -0.1) is 0 Å². The maximum absolute atomic E-state index is 12.1. The number of likely N-dealkylation sites (N-methyl/N-ethyl adjacent to an activating group) is 1. The number of amides is 1. The minimum Gasteiger partial charge on any atom is -0.496 e. The van der Waals surface area contributed by atoms with Gasteiger partial charge in [0.2, 0.25) is 5.91 Å². The minimum absolute atomic E-state index is 0.0370. The first kappa shape index (κ1) is 85.4.